The molecule has 136 valence electrons. The van der Waals surface area contributed by atoms with E-state index in [1.54, 1.807) is 0 Å². The maximum atomic E-state index is 6.60. The lowest BCUT2D eigenvalue weighted by atomic mass is 10.1. The normalized spacial score (nSPS) is 11.6. The van der Waals surface area contributed by atoms with Gasteiger partial charge in [0.15, 0.2) is 23.0 Å². The second-order valence-electron chi connectivity index (χ2n) is 6.41. The van der Waals surface area contributed by atoms with Gasteiger partial charge in [-0.1, -0.05) is 60.1 Å². The van der Waals surface area contributed by atoms with Gasteiger partial charge in [-0.15, -0.1) is 0 Å². The molecule has 1 aliphatic rings. The fourth-order valence-corrected chi connectivity index (χ4v) is 3.55. The second kappa shape index (κ2) is 6.95. The zero-order chi connectivity index (χ0) is 18.9. The Hall–Kier alpha value is -3.43. The van der Waals surface area contributed by atoms with Crippen molar-refractivity contribution in [2.24, 2.45) is 0 Å². The number of halogens is 1. The van der Waals surface area contributed by atoms with Crippen molar-refractivity contribution in [2.75, 3.05) is 4.90 Å². The van der Waals surface area contributed by atoms with Gasteiger partial charge in [-0.2, -0.15) is 0 Å². The van der Waals surface area contributed by atoms with Crippen LogP contribution in [0.1, 0.15) is 0 Å². The highest BCUT2D eigenvalue weighted by atomic mass is 35.5. The summed E-state index contributed by atoms with van der Waals surface area (Å²) in [4.78, 5) is 2.13. The molecule has 0 unspecified atom stereocenters. The van der Waals surface area contributed by atoms with E-state index in [1.807, 2.05) is 72.8 Å². The van der Waals surface area contributed by atoms with Gasteiger partial charge in [0, 0.05) is 17.4 Å². The average Bonchev–Trinajstić information content (AvgIpc) is 2.74. The highest BCUT2D eigenvalue weighted by Crippen LogP contribution is 2.51. The third-order valence-electron chi connectivity index (χ3n) is 4.56. The summed E-state index contributed by atoms with van der Waals surface area (Å²) in [7, 11) is 0. The molecule has 4 heteroatoms. The number of rotatable bonds is 3. The molecular weight excluding hydrogens is 370 g/mol. The molecule has 0 bridgehead atoms. The van der Waals surface area contributed by atoms with E-state index in [4.69, 9.17) is 21.1 Å². The van der Waals surface area contributed by atoms with E-state index in [0.29, 0.717) is 28.0 Å². The predicted octanol–water partition coefficient (Wildman–Crippen LogP) is 7.71. The summed E-state index contributed by atoms with van der Waals surface area (Å²) >= 11 is 6.60. The van der Waals surface area contributed by atoms with Crippen LogP contribution in [-0.4, -0.2) is 0 Å². The Bertz CT molecular complexity index is 1090. The maximum Gasteiger partial charge on any atom is 0.188 e. The maximum absolute atomic E-state index is 6.60. The molecule has 0 spiro atoms. The van der Waals surface area contributed by atoms with Crippen molar-refractivity contribution in [1.29, 1.82) is 0 Å². The lowest BCUT2D eigenvalue weighted by Gasteiger charge is -2.28. The Morgan fingerprint density at radius 1 is 0.536 bits per heavy atom. The molecular formula is C24H16ClNO2. The molecule has 0 saturated heterocycles. The number of ether oxygens (including phenoxy) is 2. The van der Waals surface area contributed by atoms with E-state index < -0.39 is 0 Å². The largest absolute Gasteiger partial charge is 0.449 e. The summed E-state index contributed by atoms with van der Waals surface area (Å²) in [5.41, 5.74) is 2.95. The van der Waals surface area contributed by atoms with Crippen LogP contribution in [0.5, 0.6) is 23.0 Å². The first kappa shape index (κ1) is 16.7. The van der Waals surface area contributed by atoms with E-state index in [2.05, 4.69) is 29.2 Å². The topological polar surface area (TPSA) is 21.7 Å². The molecule has 5 rings (SSSR count). The van der Waals surface area contributed by atoms with Crippen LogP contribution in [0.25, 0.3) is 0 Å². The number of nitrogens with zero attached hydrogens (tertiary/aromatic N) is 1. The molecule has 0 radical (unpaired) electrons. The van der Waals surface area contributed by atoms with Crippen LogP contribution < -0.4 is 14.4 Å². The summed E-state index contributed by atoms with van der Waals surface area (Å²) in [6.45, 7) is 0. The standard InChI is InChI=1S/C24H16ClNO2/c25-20-15-19(16-23-24(20)28-22-14-8-7-13-21(22)27-23)26(17-9-3-1-4-10-17)18-11-5-2-6-12-18/h1-16H. The van der Waals surface area contributed by atoms with Crippen LogP contribution in [0.3, 0.4) is 0 Å². The van der Waals surface area contributed by atoms with Gasteiger partial charge in [-0.3, -0.25) is 0 Å². The number of benzene rings is 4. The lowest BCUT2D eigenvalue weighted by Crippen LogP contribution is -2.10. The highest BCUT2D eigenvalue weighted by Gasteiger charge is 2.24. The minimum absolute atomic E-state index is 0.499. The van der Waals surface area contributed by atoms with Gasteiger partial charge >= 0.3 is 0 Å². The van der Waals surface area contributed by atoms with Gasteiger partial charge in [0.2, 0.25) is 0 Å². The zero-order valence-corrected chi connectivity index (χ0v) is 15.6. The number of para-hydroxylation sites is 4. The molecule has 1 aliphatic heterocycles. The third-order valence-corrected chi connectivity index (χ3v) is 4.84. The molecule has 4 aromatic carbocycles. The van der Waals surface area contributed by atoms with Gasteiger partial charge in [0.1, 0.15) is 0 Å². The minimum atomic E-state index is 0.499. The number of hydrogen-bond acceptors (Lipinski definition) is 3. The van der Waals surface area contributed by atoms with Crippen molar-refractivity contribution >= 4 is 28.7 Å². The van der Waals surface area contributed by atoms with Gasteiger partial charge in [0.25, 0.3) is 0 Å². The van der Waals surface area contributed by atoms with Crippen LogP contribution in [0.15, 0.2) is 97.1 Å². The summed E-state index contributed by atoms with van der Waals surface area (Å²) < 4.78 is 12.1. The molecule has 0 aliphatic carbocycles. The van der Waals surface area contributed by atoms with Crippen molar-refractivity contribution in [1.82, 2.24) is 0 Å². The first-order valence-corrected chi connectivity index (χ1v) is 9.36. The Morgan fingerprint density at radius 2 is 1.07 bits per heavy atom. The van der Waals surface area contributed by atoms with Gasteiger partial charge < -0.3 is 14.4 Å². The Labute approximate surface area is 168 Å². The zero-order valence-electron chi connectivity index (χ0n) is 14.9. The van der Waals surface area contributed by atoms with Gasteiger partial charge in [0.05, 0.1) is 10.7 Å². The number of fused-ring (bicyclic) bond motifs is 2. The number of anilines is 3. The van der Waals surface area contributed by atoms with Gasteiger partial charge in [-0.05, 0) is 42.5 Å². The van der Waals surface area contributed by atoms with Crippen molar-refractivity contribution < 1.29 is 9.47 Å². The molecule has 28 heavy (non-hydrogen) atoms. The predicted molar refractivity (Wildman–Crippen MR) is 113 cm³/mol. The van der Waals surface area contributed by atoms with Crippen molar-refractivity contribution in [3.8, 4) is 23.0 Å². The van der Waals surface area contributed by atoms with Gasteiger partial charge in [-0.25, -0.2) is 0 Å². The smallest absolute Gasteiger partial charge is 0.188 e. The van der Waals surface area contributed by atoms with E-state index >= 15 is 0 Å². The molecule has 0 fully saturated rings. The van der Waals surface area contributed by atoms with Crippen LogP contribution >= 0.6 is 11.6 Å². The molecule has 0 amide bonds. The van der Waals surface area contributed by atoms with Crippen LogP contribution in [0, 0.1) is 0 Å². The minimum Gasteiger partial charge on any atom is -0.449 e. The molecule has 0 atom stereocenters. The first-order chi connectivity index (χ1) is 13.8. The monoisotopic (exact) mass is 385 g/mol. The molecule has 3 nitrogen and oxygen atoms in total. The van der Waals surface area contributed by atoms with E-state index in [9.17, 15) is 0 Å². The molecule has 1 heterocycles. The van der Waals surface area contributed by atoms with E-state index in [0.717, 1.165) is 17.1 Å². The SMILES string of the molecule is Clc1cc(N(c2ccccc2)c2ccccc2)cc2c1Oc1ccccc1O2. The molecule has 0 saturated carbocycles. The van der Waals surface area contributed by atoms with E-state index in [-0.39, 0.29) is 0 Å². The van der Waals surface area contributed by atoms with E-state index in [1.165, 1.54) is 0 Å². The average molecular weight is 386 g/mol. The summed E-state index contributed by atoms with van der Waals surface area (Å²) in [6.07, 6.45) is 0. The molecule has 0 aromatic heterocycles. The highest BCUT2D eigenvalue weighted by molar-refractivity contribution is 6.32. The Morgan fingerprint density at radius 3 is 1.68 bits per heavy atom. The van der Waals surface area contributed by atoms with Crippen LogP contribution in [0.2, 0.25) is 5.02 Å². The Balaban J connectivity index is 1.64. The van der Waals surface area contributed by atoms with Crippen LogP contribution in [0.4, 0.5) is 17.1 Å². The summed E-state index contributed by atoms with van der Waals surface area (Å²) in [5.74, 6) is 2.46. The quantitative estimate of drug-likeness (QED) is 0.317. The fraction of sp³-hybridized carbons (Fsp3) is 0. The second-order valence-corrected chi connectivity index (χ2v) is 6.82. The van der Waals surface area contributed by atoms with Crippen molar-refractivity contribution in [2.45, 2.75) is 0 Å². The molecule has 0 N–H and O–H groups in total. The number of hydrogen-bond donors (Lipinski definition) is 0. The fourth-order valence-electron chi connectivity index (χ4n) is 3.31. The van der Waals surface area contributed by atoms with Crippen molar-refractivity contribution in [3.63, 3.8) is 0 Å². The summed E-state index contributed by atoms with van der Waals surface area (Å²) in [6, 6.07) is 31.7. The summed E-state index contributed by atoms with van der Waals surface area (Å²) in [5, 5.41) is 0.499. The first-order valence-electron chi connectivity index (χ1n) is 8.98. The lowest BCUT2D eigenvalue weighted by molar-refractivity contribution is 0.360. The molecule has 4 aromatic rings. The van der Waals surface area contributed by atoms with Crippen LogP contribution in [-0.2, 0) is 0 Å². The van der Waals surface area contributed by atoms with Crippen molar-refractivity contribution in [3.05, 3.63) is 102 Å². The Kier molecular flexibility index (Phi) is 4.15. The third kappa shape index (κ3) is 2.96.